The molecule has 0 aliphatic heterocycles. The second-order valence-corrected chi connectivity index (χ2v) is 1.64. The first-order valence-corrected chi connectivity index (χ1v) is 2.58. The Balaban J connectivity index is 2.97. The lowest BCUT2D eigenvalue weighted by atomic mass is 10.5. The number of nitrogens with zero attached hydrogens (tertiary/aromatic N) is 1. The molecule has 8 heavy (non-hydrogen) atoms. The summed E-state index contributed by atoms with van der Waals surface area (Å²) in [6.07, 6.45) is 0.442. The Labute approximate surface area is 53.5 Å². The summed E-state index contributed by atoms with van der Waals surface area (Å²) < 4.78 is 0. The van der Waals surface area contributed by atoms with E-state index in [-0.39, 0.29) is 5.11 Å². The van der Waals surface area contributed by atoms with E-state index in [1.165, 1.54) is 0 Å². The molecule has 0 unspecified atom stereocenters. The molecule has 0 aromatic rings. The fourth-order valence-corrected chi connectivity index (χ4v) is 0.344. The number of thiocarbonyl (C=S) groups is 1. The van der Waals surface area contributed by atoms with E-state index in [1.807, 2.05) is 6.07 Å². The van der Waals surface area contributed by atoms with Crippen LogP contribution in [0.3, 0.4) is 0 Å². The molecular weight excluding hydrogens is 122 g/mol. The van der Waals surface area contributed by atoms with Gasteiger partial charge in [0.25, 0.3) is 0 Å². The summed E-state index contributed by atoms with van der Waals surface area (Å²) in [5, 5.41) is 10.9. The van der Waals surface area contributed by atoms with Crippen molar-refractivity contribution in [2.24, 2.45) is 5.73 Å². The molecule has 0 fully saturated rings. The molecule has 0 aromatic heterocycles. The normalized spacial score (nSPS) is 7.38. The second-order valence-electron chi connectivity index (χ2n) is 1.20. The topological polar surface area (TPSA) is 61.8 Å². The lowest BCUT2D eigenvalue weighted by molar-refractivity contribution is 0.901. The van der Waals surface area contributed by atoms with Crippen molar-refractivity contribution in [3.63, 3.8) is 0 Å². The Morgan fingerprint density at radius 3 is 2.88 bits per heavy atom. The maximum absolute atomic E-state index is 8.01. The number of nitriles is 1. The fourth-order valence-electron chi connectivity index (χ4n) is 0.242. The standard InChI is InChI=1S/C4H7N3S/c5-2-1-3-7-4(6)8/h1,3H2,(H3,6,7,8). The van der Waals surface area contributed by atoms with Gasteiger partial charge >= 0.3 is 0 Å². The van der Waals surface area contributed by atoms with Gasteiger partial charge in [-0.3, -0.25) is 0 Å². The molecular formula is C4H7N3S. The van der Waals surface area contributed by atoms with Gasteiger partial charge in [0.05, 0.1) is 12.5 Å². The summed E-state index contributed by atoms with van der Waals surface area (Å²) in [6.45, 7) is 0.547. The molecule has 0 radical (unpaired) electrons. The van der Waals surface area contributed by atoms with Gasteiger partial charge < -0.3 is 11.1 Å². The zero-order chi connectivity index (χ0) is 6.41. The molecule has 0 spiro atoms. The van der Waals surface area contributed by atoms with E-state index < -0.39 is 0 Å². The van der Waals surface area contributed by atoms with E-state index in [9.17, 15) is 0 Å². The molecule has 0 aliphatic carbocycles. The van der Waals surface area contributed by atoms with Crippen LogP contribution in [0.1, 0.15) is 6.42 Å². The highest BCUT2D eigenvalue weighted by Gasteiger charge is 1.82. The van der Waals surface area contributed by atoms with Crippen LogP contribution in [0.25, 0.3) is 0 Å². The summed E-state index contributed by atoms with van der Waals surface area (Å²) in [5.74, 6) is 0. The minimum atomic E-state index is 0.250. The van der Waals surface area contributed by atoms with Crippen LogP contribution in [0.5, 0.6) is 0 Å². The molecule has 0 amide bonds. The third-order valence-corrected chi connectivity index (χ3v) is 0.680. The van der Waals surface area contributed by atoms with E-state index in [1.54, 1.807) is 0 Å². The lowest BCUT2D eigenvalue weighted by Crippen LogP contribution is -2.29. The number of rotatable bonds is 2. The first kappa shape index (κ1) is 7.18. The van der Waals surface area contributed by atoms with Gasteiger partial charge in [-0.1, -0.05) is 0 Å². The Bertz CT molecular complexity index is 115. The highest BCUT2D eigenvalue weighted by atomic mass is 32.1. The third-order valence-electron chi connectivity index (χ3n) is 0.536. The number of hydrogen-bond donors (Lipinski definition) is 2. The Kier molecular flexibility index (Phi) is 3.90. The van der Waals surface area contributed by atoms with Crippen LogP contribution in [-0.4, -0.2) is 11.7 Å². The summed E-state index contributed by atoms with van der Waals surface area (Å²) in [5.41, 5.74) is 5.04. The molecule has 3 N–H and O–H groups in total. The Hall–Kier alpha value is -0.820. The van der Waals surface area contributed by atoms with Crippen molar-refractivity contribution in [3.05, 3.63) is 0 Å². The highest BCUT2D eigenvalue weighted by Crippen LogP contribution is 1.67. The maximum Gasteiger partial charge on any atom is 0.163 e. The van der Waals surface area contributed by atoms with Gasteiger partial charge in [0.2, 0.25) is 0 Å². The van der Waals surface area contributed by atoms with Crippen molar-refractivity contribution in [1.29, 1.82) is 5.26 Å². The van der Waals surface area contributed by atoms with E-state index in [0.717, 1.165) is 0 Å². The van der Waals surface area contributed by atoms with Gasteiger partial charge in [0.1, 0.15) is 0 Å². The van der Waals surface area contributed by atoms with Crippen molar-refractivity contribution in [1.82, 2.24) is 5.32 Å². The monoisotopic (exact) mass is 129 g/mol. The van der Waals surface area contributed by atoms with E-state index in [2.05, 4.69) is 17.5 Å². The van der Waals surface area contributed by atoms with Crippen molar-refractivity contribution in [2.75, 3.05) is 6.54 Å². The first-order chi connectivity index (χ1) is 3.77. The zero-order valence-electron chi connectivity index (χ0n) is 4.35. The summed E-state index contributed by atoms with van der Waals surface area (Å²) in [4.78, 5) is 0. The molecule has 0 atom stereocenters. The molecule has 3 nitrogen and oxygen atoms in total. The maximum atomic E-state index is 8.01. The van der Waals surface area contributed by atoms with Gasteiger partial charge in [-0.15, -0.1) is 0 Å². The van der Waals surface area contributed by atoms with Crippen LogP contribution in [0.2, 0.25) is 0 Å². The predicted octanol–water partition coefficient (Wildman–Crippen LogP) is -0.267. The predicted molar refractivity (Wildman–Crippen MR) is 35.0 cm³/mol. The molecule has 4 heteroatoms. The summed E-state index contributed by atoms with van der Waals surface area (Å²) in [6, 6.07) is 1.95. The number of hydrogen-bond acceptors (Lipinski definition) is 2. The molecule has 0 rings (SSSR count). The minimum Gasteiger partial charge on any atom is -0.376 e. The molecule has 0 saturated heterocycles. The largest absolute Gasteiger partial charge is 0.376 e. The minimum absolute atomic E-state index is 0.250. The molecule has 0 aromatic carbocycles. The van der Waals surface area contributed by atoms with Gasteiger partial charge in [-0.05, 0) is 12.2 Å². The molecule has 0 saturated carbocycles. The van der Waals surface area contributed by atoms with Crippen molar-refractivity contribution >= 4 is 17.3 Å². The second kappa shape index (κ2) is 4.34. The van der Waals surface area contributed by atoms with E-state index in [4.69, 9.17) is 11.0 Å². The van der Waals surface area contributed by atoms with Gasteiger partial charge in [-0.2, -0.15) is 5.26 Å². The first-order valence-electron chi connectivity index (χ1n) is 2.17. The van der Waals surface area contributed by atoms with Crippen LogP contribution < -0.4 is 11.1 Å². The highest BCUT2D eigenvalue weighted by molar-refractivity contribution is 7.80. The smallest absolute Gasteiger partial charge is 0.163 e. The van der Waals surface area contributed by atoms with Crippen molar-refractivity contribution in [3.8, 4) is 6.07 Å². The Morgan fingerprint density at radius 2 is 2.50 bits per heavy atom. The fraction of sp³-hybridized carbons (Fsp3) is 0.500. The van der Waals surface area contributed by atoms with Crippen molar-refractivity contribution < 1.29 is 0 Å². The molecule has 0 aliphatic rings. The number of nitrogens with one attached hydrogen (secondary N) is 1. The van der Waals surface area contributed by atoms with Gasteiger partial charge in [-0.25, -0.2) is 0 Å². The third kappa shape index (κ3) is 5.18. The molecule has 0 heterocycles. The van der Waals surface area contributed by atoms with Crippen LogP contribution >= 0.6 is 12.2 Å². The quantitative estimate of drug-likeness (QED) is 0.398. The number of nitrogens with two attached hydrogens (primary N) is 1. The SMILES string of the molecule is N#CCCNC(N)=S. The zero-order valence-corrected chi connectivity index (χ0v) is 5.16. The van der Waals surface area contributed by atoms with E-state index in [0.29, 0.717) is 13.0 Å². The average molecular weight is 129 g/mol. The van der Waals surface area contributed by atoms with Crippen LogP contribution in [0, 0.1) is 11.3 Å². The van der Waals surface area contributed by atoms with Crippen LogP contribution in [-0.2, 0) is 0 Å². The summed E-state index contributed by atoms with van der Waals surface area (Å²) in [7, 11) is 0. The Morgan fingerprint density at radius 1 is 1.88 bits per heavy atom. The molecule has 0 bridgehead atoms. The average Bonchev–Trinajstić information content (AvgIpc) is 1.66. The van der Waals surface area contributed by atoms with E-state index >= 15 is 0 Å². The molecule has 44 valence electrons. The van der Waals surface area contributed by atoms with Crippen molar-refractivity contribution in [2.45, 2.75) is 6.42 Å². The van der Waals surface area contributed by atoms with Gasteiger partial charge in [0, 0.05) is 6.54 Å². The van der Waals surface area contributed by atoms with Crippen LogP contribution in [0.15, 0.2) is 0 Å². The van der Waals surface area contributed by atoms with Gasteiger partial charge in [0.15, 0.2) is 5.11 Å². The summed E-state index contributed by atoms with van der Waals surface area (Å²) >= 11 is 4.47. The van der Waals surface area contributed by atoms with Crippen LogP contribution in [0.4, 0.5) is 0 Å². The lowest BCUT2D eigenvalue weighted by Gasteiger charge is -1.95.